The van der Waals surface area contributed by atoms with Crippen molar-refractivity contribution < 1.29 is 50.6 Å². The fraction of sp³-hybridized carbons (Fsp3) is 1.00. The summed E-state index contributed by atoms with van der Waals surface area (Å²) >= 11 is 1.78. The van der Waals surface area contributed by atoms with E-state index in [2.05, 4.69) is 86.3 Å². The zero-order chi connectivity index (χ0) is 74.9. The van der Waals surface area contributed by atoms with Gasteiger partial charge in [-0.05, 0) is 205 Å². The van der Waals surface area contributed by atoms with E-state index in [0.29, 0.717) is 46.2 Å². The van der Waals surface area contributed by atoms with Crippen LogP contribution in [-0.2, 0) is 50.6 Å². The van der Waals surface area contributed by atoms with Crippen molar-refractivity contribution in [3.63, 3.8) is 0 Å². The summed E-state index contributed by atoms with van der Waals surface area (Å²) in [5.74, 6) is 1.08. The molecule has 0 radical (unpaired) electrons. The molecule has 0 saturated carbocycles. The number of nitrogens with zero attached hydrogens (tertiary/aromatic N) is 3. The molecule has 19 N–H and O–H groups in total. The van der Waals surface area contributed by atoms with Crippen LogP contribution in [0.25, 0.3) is 0 Å². The van der Waals surface area contributed by atoms with E-state index < -0.39 is 17.4 Å². The molecule has 0 aliphatic carbocycles. The Balaban J connectivity index is -0.000000246. The molecular weight excluding hydrogens is 1320 g/mol. The van der Waals surface area contributed by atoms with Gasteiger partial charge in [-0.25, -0.2) is 0 Å². The predicted octanol–water partition coefficient (Wildman–Crippen LogP) is 3.21. The van der Waals surface area contributed by atoms with Gasteiger partial charge in [-0.1, -0.05) is 27.2 Å². The van der Waals surface area contributed by atoms with Gasteiger partial charge in [-0.15, -0.1) is 0 Å². The Morgan fingerprint density at radius 2 is 0.929 bits per heavy atom. The van der Waals surface area contributed by atoms with Gasteiger partial charge < -0.3 is 137 Å². The third-order valence-corrected chi connectivity index (χ3v) is 21.6. The van der Waals surface area contributed by atoms with Gasteiger partial charge in [-0.3, -0.25) is 0 Å². The second-order valence-electron chi connectivity index (χ2n) is 23.2. The predicted molar refractivity (Wildman–Crippen MR) is 428 cm³/mol. The number of thioether (sulfide) groups is 1. The molecule has 4 aliphatic rings. The first-order chi connectivity index (χ1) is 48.3. The number of ether oxygens (including phenoxy) is 6. The number of rotatable bonds is 41. The van der Waals surface area contributed by atoms with Crippen LogP contribution in [0.15, 0.2) is 0 Å². The molecule has 0 aromatic heterocycles. The van der Waals surface area contributed by atoms with E-state index in [1.807, 2.05) is 62.0 Å². The molecule has 4 heterocycles. The van der Waals surface area contributed by atoms with Crippen molar-refractivity contribution in [2.75, 3.05) is 310 Å². The molecule has 1 atom stereocenters. The Hall–Kier alpha value is -0.296. The van der Waals surface area contributed by atoms with Gasteiger partial charge in [0.05, 0.1) is 72.7 Å². The van der Waals surface area contributed by atoms with Crippen LogP contribution < -0.4 is 71.6 Å². The van der Waals surface area contributed by atoms with E-state index in [-0.39, 0.29) is 0 Å². The van der Waals surface area contributed by atoms with Gasteiger partial charge in [-0.2, -0.15) is 11.8 Å². The number of nitrogens with two attached hydrogens (primary N) is 6. The summed E-state index contributed by atoms with van der Waals surface area (Å²) in [4.78, 5) is 7.13. The second-order valence-corrected chi connectivity index (χ2v) is 30.3. The van der Waals surface area contributed by atoms with Gasteiger partial charge in [0, 0.05) is 149 Å². The van der Waals surface area contributed by atoms with Crippen molar-refractivity contribution in [1.29, 1.82) is 0 Å². The Morgan fingerprint density at radius 1 is 0.485 bits per heavy atom. The number of hydrogen-bond acceptors (Lipinski definition) is 28. The van der Waals surface area contributed by atoms with E-state index in [1.54, 1.807) is 11.8 Å². The largest absolute Gasteiger partial charge is 0.500 e. The van der Waals surface area contributed by atoms with Crippen molar-refractivity contribution in [2.24, 2.45) is 34.4 Å². The molecule has 4 saturated heterocycles. The lowest BCUT2D eigenvalue weighted by Crippen LogP contribution is -2.46. The highest BCUT2D eigenvalue weighted by Crippen LogP contribution is 2.18. The lowest BCUT2D eigenvalue weighted by molar-refractivity contribution is 0.0482. The van der Waals surface area contributed by atoms with E-state index in [0.717, 1.165) is 234 Å². The van der Waals surface area contributed by atoms with Crippen LogP contribution >= 0.6 is 11.8 Å². The van der Waals surface area contributed by atoms with Gasteiger partial charge in [0.15, 0.2) is 0 Å². The fourth-order valence-corrected chi connectivity index (χ4v) is 14.6. The molecule has 0 aromatic carbocycles. The van der Waals surface area contributed by atoms with Crippen LogP contribution in [0.3, 0.4) is 0 Å². The third-order valence-electron chi connectivity index (χ3n) is 14.7. The highest BCUT2D eigenvalue weighted by molar-refractivity contribution is 7.98. The molecule has 4 aliphatic heterocycles. The Morgan fingerprint density at radius 3 is 1.28 bits per heavy atom. The van der Waals surface area contributed by atoms with Crippen molar-refractivity contribution in [3.8, 4) is 0 Å². The number of likely N-dealkylation sites (tertiary alicyclic amines) is 2. The van der Waals surface area contributed by atoms with Crippen LogP contribution in [0, 0.1) is 0 Å². The van der Waals surface area contributed by atoms with Crippen molar-refractivity contribution in [1.82, 2.24) is 51.9 Å². The van der Waals surface area contributed by atoms with E-state index >= 15 is 0 Å². The van der Waals surface area contributed by atoms with Crippen LogP contribution in [-0.4, -0.2) is 348 Å². The lowest BCUT2D eigenvalue weighted by Gasteiger charge is -2.28. The summed E-state index contributed by atoms with van der Waals surface area (Å²) in [5, 5.41) is 22.1. The SMILES string of the molecule is C1CNCCNC1.C1COCCNCCOCCOCCN1.CCCCOCCOCCNC.CCN(CC)CCN.CCO[Si](C)(CCCN)OCC.CCO[Si](CCCN)(OCC)OCC.CN1CCCC1CCN.CNCCOCCNC.CSCCN.NCCN1CCCC1. The monoisotopic (exact) mass is 1490 g/mol. The van der Waals surface area contributed by atoms with Crippen molar-refractivity contribution in [2.45, 2.75) is 144 Å². The van der Waals surface area contributed by atoms with Crippen LogP contribution in [0.2, 0.25) is 18.6 Å². The van der Waals surface area contributed by atoms with Crippen LogP contribution in [0.1, 0.15) is 120 Å². The number of unbranched alkanes of at least 4 members (excludes halogenated alkanes) is 1. The van der Waals surface area contributed by atoms with Gasteiger partial charge in [0.2, 0.25) is 0 Å². The molecule has 606 valence electrons. The highest BCUT2D eigenvalue weighted by atomic mass is 32.2. The first kappa shape index (κ1) is 110. The molecule has 99 heavy (non-hydrogen) atoms. The molecule has 0 amide bonds. The maximum Gasteiger partial charge on any atom is 0.500 e. The molecule has 4 rings (SSSR count). The smallest absolute Gasteiger partial charge is 0.395 e. The lowest BCUT2D eigenvalue weighted by atomic mass is 10.1. The first-order valence-corrected chi connectivity index (χ1v) is 44.4. The minimum Gasteiger partial charge on any atom is -0.395 e. The Kier molecular flexibility index (Phi) is 108. The highest BCUT2D eigenvalue weighted by Gasteiger charge is 2.39. The zero-order valence-electron chi connectivity index (χ0n) is 67.0. The zero-order valence-corrected chi connectivity index (χ0v) is 69.8. The van der Waals surface area contributed by atoms with Gasteiger partial charge in [0.1, 0.15) is 0 Å². The topological polar surface area (TPSA) is 352 Å². The maximum absolute atomic E-state index is 5.65. The van der Waals surface area contributed by atoms with E-state index in [4.69, 9.17) is 85.0 Å². The van der Waals surface area contributed by atoms with Crippen LogP contribution in [0.5, 0.6) is 0 Å². The normalized spacial score (nSPS) is 16.4. The van der Waals surface area contributed by atoms with Crippen LogP contribution in [0.4, 0.5) is 0 Å². The Labute approximate surface area is 617 Å². The van der Waals surface area contributed by atoms with E-state index in [9.17, 15) is 0 Å². The quantitative estimate of drug-likeness (QED) is 0.0309. The van der Waals surface area contributed by atoms with Gasteiger partial charge >= 0.3 is 17.4 Å². The number of likely N-dealkylation sites (N-methyl/N-ethyl adjacent to an activating group) is 4. The minimum absolute atomic E-state index is 0.636. The standard InChI is InChI=1S/C10H22N2O3.C9H23NO3Si.C9H21NO2.C8H21NO2Si.C7H16N2.C6H16N2O.C6H14N2.C6H16N2.C5H12N2.C3H9NS/c1-5-13-6-2-12-4-8-15-10-9-14-7-3-11-1;1-4-11-14(12-5-2,13-6-3)9-7-8-10;1-3-4-6-11-8-9-12-7-5-10-2;1-4-10-12(3,11-5-2)8-6-7-9;1-9-6-2-3-7(9)4-5-8;1-7-3-5-9-6-4-8-2;7-3-6-8-4-1-2-5-8;1-3-8(4-2)6-5-7;1-2-6-4-5-7-3-1;1-5-3-2-4/h11-12H,1-10H2;4-10H2,1-3H3;10H,3-9H2,1-2H3;4-9H2,1-3H3;7H,2-6,8H2,1H3;7-8H,3-6H2,1-2H3;1-7H2;3-7H2,1-2H3;6-7H,1-5H2;2-4H2,1H3. The van der Waals surface area contributed by atoms with Crippen molar-refractivity contribution in [3.05, 3.63) is 0 Å². The summed E-state index contributed by atoms with van der Waals surface area (Å²) in [6.07, 6.45) is 14.2. The molecular formula is C69H170N16O11SSi2. The maximum atomic E-state index is 5.65. The minimum atomic E-state index is -2.40. The number of hydrogen-bond donors (Lipinski definition) is 13. The molecule has 30 heteroatoms. The molecule has 4 fully saturated rings. The molecule has 27 nitrogen and oxygen atoms in total. The van der Waals surface area contributed by atoms with Crippen molar-refractivity contribution >= 4 is 29.1 Å². The summed E-state index contributed by atoms with van der Waals surface area (Å²) in [6.45, 7) is 54.7. The summed E-state index contributed by atoms with van der Waals surface area (Å²) in [7, 11) is 3.69. The second kappa shape index (κ2) is 97.7. The molecule has 0 aromatic rings. The third kappa shape index (κ3) is 91.9. The molecule has 0 bridgehead atoms. The fourth-order valence-electron chi connectivity index (χ4n) is 9.31. The summed E-state index contributed by atoms with van der Waals surface area (Å²) in [5.41, 5.74) is 32.2. The molecule has 0 spiro atoms. The first-order valence-electron chi connectivity index (χ1n) is 38.6. The average molecular weight is 1490 g/mol. The average Bonchev–Trinajstić information content (AvgIpc) is 2.13. The summed E-state index contributed by atoms with van der Waals surface area (Å²) < 4.78 is 60.1. The Bertz CT molecular complexity index is 1270. The molecule has 1 unspecified atom stereocenters. The number of nitrogens with one attached hydrogen (secondary N) is 7. The van der Waals surface area contributed by atoms with Gasteiger partial charge in [0.25, 0.3) is 0 Å². The summed E-state index contributed by atoms with van der Waals surface area (Å²) in [6, 6.07) is 2.61. The van der Waals surface area contributed by atoms with E-state index in [1.165, 1.54) is 77.7 Å².